The third-order valence-electron chi connectivity index (χ3n) is 5.02. The summed E-state index contributed by atoms with van der Waals surface area (Å²) in [4.78, 5) is 24.8. The standard InChI is InChI=1S/C22H20FN3O4/c1-12-17(13(2)26(25-12)16-6-4-15(23)5-7-16)9-22(28)24-19-10-21-20(29-11-30-21)8-18(19)14(3)27/h4-8,10H,9,11H2,1-3H3,(H,24,28). The number of carbonyl (C=O) groups excluding carboxylic acids is 2. The first kappa shape index (κ1) is 19.6. The van der Waals surface area contributed by atoms with Crippen LogP contribution in [-0.2, 0) is 11.2 Å². The maximum Gasteiger partial charge on any atom is 0.231 e. The molecule has 1 aromatic heterocycles. The monoisotopic (exact) mass is 409 g/mol. The predicted molar refractivity (Wildman–Crippen MR) is 108 cm³/mol. The van der Waals surface area contributed by atoms with E-state index < -0.39 is 0 Å². The van der Waals surface area contributed by atoms with E-state index in [1.807, 2.05) is 13.8 Å². The van der Waals surface area contributed by atoms with E-state index in [4.69, 9.17) is 9.47 Å². The minimum Gasteiger partial charge on any atom is -0.454 e. The fourth-order valence-electron chi connectivity index (χ4n) is 3.46. The number of benzene rings is 2. The molecule has 8 heteroatoms. The number of aromatic nitrogens is 2. The second-order valence-electron chi connectivity index (χ2n) is 7.07. The van der Waals surface area contributed by atoms with Gasteiger partial charge in [0, 0.05) is 22.9 Å². The Balaban J connectivity index is 1.58. The largest absolute Gasteiger partial charge is 0.454 e. The molecule has 0 atom stereocenters. The van der Waals surface area contributed by atoms with Crippen LogP contribution in [0.25, 0.3) is 5.69 Å². The van der Waals surface area contributed by atoms with Crippen molar-refractivity contribution in [1.29, 1.82) is 0 Å². The first-order valence-electron chi connectivity index (χ1n) is 9.39. The zero-order valence-corrected chi connectivity index (χ0v) is 16.8. The number of aryl methyl sites for hydroxylation is 1. The molecule has 154 valence electrons. The number of nitrogens with zero attached hydrogens (tertiary/aromatic N) is 2. The van der Waals surface area contributed by atoms with Gasteiger partial charge in [0.05, 0.1) is 23.5 Å². The van der Waals surface area contributed by atoms with Crippen molar-refractivity contribution in [3.05, 3.63) is 64.7 Å². The molecule has 0 fully saturated rings. The molecule has 2 heterocycles. The van der Waals surface area contributed by atoms with Crippen LogP contribution in [0, 0.1) is 19.7 Å². The van der Waals surface area contributed by atoms with Crippen molar-refractivity contribution in [2.24, 2.45) is 0 Å². The van der Waals surface area contributed by atoms with E-state index in [0.29, 0.717) is 34.1 Å². The molecule has 4 rings (SSSR count). The summed E-state index contributed by atoms with van der Waals surface area (Å²) in [7, 11) is 0. The average Bonchev–Trinajstić information content (AvgIpc) is 3.27. The summed E-state index contributed by atoms with van der Waals surface area (Å²) in [6.07, 6.45) is 0.0741. The van der Waals surface area contributed by atoms with Gasteiger partial charge in [-0.3, -0.25) is 9.59 Å². The average molecular weight is 409 g/mol. The first-order valence-corrected chi connectivity index (χ1v) is 9.39. The Bertz CT molecular complexity index is 1150. The van der Waals surface area contributed by atoms with Crippen LogP contribution >= 0.6 is 0 Å². The van der Waals surface area contributed by atoms with Crippen molar-refractivity contribution in [2.45, 2.75) is 27.2 Å². The van der Waals surface area contributed by atoms with Crippen LogP contribution in [0.15, 0.2) is 36.4 Å². The van der Waals surface area contributed by atoms with Crippen molar-refractivity contribution in [3.8, 4) is 17.2 Å². The lowest BCUT2D eigenvalue weighted by Crippen LogP contribution is -2.17. The number of amides is 1. The summed E-state index contributed by atoms with van der Waals surface area (Å²) in [5, 5.41) is 7.29. The maximum atomic E-state index is 13.2. The molecule has 0 aliphatic carbocycles. The zero-order chi connectivity index (χ0) is 21.4. The molecule has 0 saturated heterocycles. The lowest BCUT2D eigenvalue weighted by molar-refractivity contribution is -0.115. The van der Waals surface area contributed by atoms with Gasteiger partial charge in [-0.15, -0.1) is 0 Å². The zero-order valence-electron chi connectivity index (χ0n) is 16.8. The highest BCUT2D eigenvalue weighted by atomic mass is 19.1. The first-order chi connectivity index (χ1) is 14.3. The topological polar surface area (TPSA) is 82.5 Å². The molecule has 0 bridgehead atoms. The number of carbonyl (C=O) groups is 2. The van der Waals surface area contributed by atoms with E-state index >= 15 is 0 Å². The highest BCUT2D eigenvalue weighted by Crippen LogP contribution is 2.37. The van der Waals surface area contributed by atoms with Crippen molar-refractivity contribution < 1.29 is 23.5 Å². The number of anilines is 1. The third-order valence-corrected chi connectivity index (χ3v) is 5.02. The number of ketones is 1. The Hall–Kier alpha value is -3.68. The van der Waals surface area contributed by atoms with E-state index in [1.54, 1.807) is 28.9 Å². The van der Waals surface area contributed by atoms with Gasteiger partial charge in [0.15, 0.2) is 17.3 Å². The Labute approximate surface area is 172 Å². The van der Waals surface area contributed by atoms with Gasteiger partial charge < -0.3 is 14.8 Å². The summed E-state index contributed by atoms with van der Waals surface area (Å²) in [5.74, 6) is 0.142. The minimum atomic E-state index is -0.329. The molecule has 0 spiro atoms. The molecule has 30 heavy (non-hydrogen) atoms. The summed E-state index contributed by atoms with van der Waals surface area (Å²) < 4.78 is 25.5. The molecule has 1 N–H and O–H groups in total. The minimum absolute atomic E-state index is 0.0741. The molecule has 0 radical (unpaired) electrons. The van der Waals surface area contributed by atoms with Crippen LogP contribution in [0.5, 0.6) is 11.5 Å². The van der Waals surface area contributed by atoms with Gasteiger partial charge in [0.1, 0.15) is 5.82 Å². The lowest BCUT2D eigenvalue weighted by atomic mass is 10.1. The molecular formula is C22H20FN3O4. The van der Waals surface area contributed by atoms with Gasteiger partial charge in [0.2, 0.25) is 12.7 Å². The highest BCUT2D eigenvalue weighted by Gasteiger charge is 2.22. The van der Waals surface area contributed by atoms with Crippen molar-refractivity contribution in [2.75, 3.05) is 12.1 Å². The number of ether oxygens (including phenoxy) is 2. The number of fused-ring (bicyclic) bond motifs is 1. The number of hydrogen-bond donors (Lipinski definition) is 1. The molecule has 1 aliphatic heterocycles. The SMILES string of the molecule is CC(=O)c1cc2c(cc1NC(=O)Cc1c(C)nn(-c3ccc(F)cc3)c1C)OCO2. The molecule has 7 nitrogen and oxygen atoms in total. The summed E-state index contributed by atoms with van der Waals surface area (Å²) in [6.45, 7) is 5.17. The molecule has 2 aromatic carbocycles. The van der Waals surface area contributed by atoms with Gasteiger partial charge in [-0.05, 0) is 51.1 Å². The van der Waals surface area contributed by atoms with Crippen LogP contribution in [0.2, 0.25) is 0 Å². The normalized spacial score (nSPS) is 12.1. The fourth-order valence-corrected chi connectivity index (χ4v) is 3.46. The summed E-state index contributed by atoms with van der Waals surface area (Å²) in [6, 6.07) is 9.15. The number of halogens is 1. The van der Waals surface area contributed by atoms with Crippen LogP contribution < -0.4 is 14.8 Å². The summed E-state index contributed by atoms with van der Waals surface area (Å²) in [5.41, 5.74) is 3.68. The highest BCUT2D eigenvalue weighted by molar-refractivity contribution is 6.05. The van der Waals surface area contributed by atoms with Crippen molar-refractivity contribution >= 4 is 17.4 Å². The van der Waals surface area contributed by atoms with Gasteiger partial charge in [0.25, 0.3) is 0 Å². The van der Waals surface area contributed by atoms with E-state index in [1.165, 1.54) is 19.1 Å². The number of Topliss-reactive ketones (excluding diaryl/α,β-unsaturated/α-hetero) is 1. The van der Waals surface area contributed by atoms with Gasteiger partial charge in [-0.1, -0.05) is 0 Å². The van der Waals surface area contributed by atoms with E-state index in [-0.39, 0.29) is 30.7 Å². The van der Waals surface area contributed by atoms with Crippen molar-refractivity contribution in [1.82, 2.24) is 9.78 Å². The molecule has 3 aromatic rings. The number of rotatable bonds is 5. The summed E-state index contributed by atoms with van der Waals surface area (Å²) >= 11 is 0. The van der Waals surface area contributed by atoms with Crippen LogP contribution in [-0.4, -0.2) is 28.3 Å². The molecule has 0 unspecified atom stereocenters. The lowest BCUT2D eigenvalue weighted by Gasteiger charge is -2.11. The molecular weight excluding hydrogens is 389 g/mol. The van der Waals surface area contributed by atoms with E-state index in [9.17, 15) is 14.0 Å². The third kappa shape index (κ3) is 3.63. The number of hydrogen-bond acceptors (Lipinski definition) is 5. The second-order valence-corrected chi connectivity index (χ2v) is 7.07. The maximum absolute atomic E-state index is 13.2. The Morgan fingerprint density at radius 2 is 1.80 bits per heavy atom. The molecule has 1 amide bonds. The Kier molecular flexibility index (Phi) is 4.99. The Morgan fingerprint density at radius 3 is 2.47 bits per heavy atom. The van der Waals surface area contributed by atoms with Crippen LogP contribution in [0.1, 0.15) is 34.2 Å². The smallest absolute Gasteiger partial charge is 0.231 e. The molecule has 1 aliphatic rings. The van der Waals surface area contributed by atoms with Gasteiger partial charge >= 0.3 is 0 Å². The van der Waals surface area contributed by atoms with E-state index in [2.05, 4.69) is 10.4 Å². The van der Waals surface area contributed by atoms with Crippen LogP contribution in [0.4, 0.5) is 10.1 Å². The fraction of sp³-hybridized carbons (Fsp3) is 0.227. The number of nitrogens with one attached hydrogen (secondary N) is 1. The second kappa shape index (κ2) is 7.62. The van der Waals surface area contributed by atoms with E-state index in [0.717, 1.165) is 11.3 Å². The molecule has 0 saturated carbocycles. The van der Waals surface area contributed by atoms with Crippen molar-refractivity contribution in [3.63, 3.8) is 0 Å². The van der Waals surface area contributed by atoms with Gasteiger partial charge in [-0.25, -0.2) is 9.07 Å². The predicted octanol–water partition coefficient (Wildman–Crippen LogP) is 3.74. The van der Waals surface area contributed by atoms with Crippen LogP contribution in [0.3, 0.4) is 0 Å². The quantitative estimate of drug-likeness (QED) is 0.649. The Morgan fingerprint density at radius 1 is 1.13 bits per heavy atom. The van der Waals surface area contributed by atoms with Gasteiger partial charge in [-0.2, -0.15) is 5.10 Å².